The summed E-state index contributed by atoms with van der Waals surface area (Å²) in [5.74, 6) is -0.389. The van der Waals surface area contributed by atoms with Gasteiger partial charge in [0.2, 0.25) is 5.82 Å². The Hall–Kier alpha value is -3.16. The minimum Gasteiger partial charge on any atom is -0.476 e. The minimum absolute atomic E-state index is 0.142. The first-order valence-electron chi connectivity index (χ1n) is 5.65. The van der Waals surface area contributed by atoms with Crippen LogP contribution >= 0.6 is 0 Å². The van der Waals surface area contributed by atoms with Gasteiger partial charge in [0.1, 0.15) is 0 Å². The van der Waals surface area contributed by atoms with Crippen LogP contribution < -0.4 is 0 Å². The number of carbonyl (C=O) groups is 1. The van der Waals surface area contributed by atoms with Gasteiger partial charge in [-0.05, 0) is 5.21 Å². The van der Waals surface area contributed by atoms with Crippen LogP contribution in [0.4, 0.5) is 0 Å². The molecule has 20 heavy (non-hydrogen) atoms. The monoisotopic (exact) mass is 268 g/mol. The van der Waals surface area contributed by atoms with E-state index in [-0.39, 0.29) is 5.69 Å². The van der Waals surface area contributed by atoms with Crippen molar-refractivity contribution in [3.05, 3.63) is 48.4 Å². The van der Waals surface area contributed by atoms with E-state index in [1.807, 2.05) is 30.3 Å². The van der Waals surface area contributed by atoms with Gasteiger partial charge in [0, 0.05) is 5.56 Å². The molecule has 8 nitrogen and oxygen atoms in total. The van der Waals surface area contributed by atoms with Gasteiger partial charge in [-0.15, -0.1) is 15.0 Å². The Morgan fingerprint density at radius 3 is 2.55 bits per heavy atom. The van der Waals surface area contributed by atoms with E-state index in [0.29, 0.717) is 11.6 Å². The summed E-state index contributed by atoms with van der Waals surface area (Å²) in [5, 5.41) is 20.7. The van der Waals surface area contributed by atoms with Crippen LogP contribution in [0.3, 0.4) is 0 Å². The lowest BCUT2D eigenvalue weighted by molar-refractivity contribution is 0.0690. The van der Waals surface area contributed by atoms with Crippen LogP contribution in [0, 0.1) is 0 Å². The molecule has 1 aromatic carbocycles. The number of rotatable bonds is 3. The molecule has 0 spiro atoms. The molecule has 0 unspecified atom stereocenters. The number of carboxylic acids is 1. The highest BCUT2D eigenvalue weighted by atomic mass is 16.4. The van der Waals surface area contributed by atoms with Gasteiger partial charge in [-0.2, -0.15) is 0 Å². The van der Waals surface area contributed by atoms with Gasteiger partial charge >= 0.3 is 5.97 Å². The summed E-state index contributed by atoms with van der Waals surface area (Å²) in [5.41, 5.74) is 0.686. The highest BCUT2D eigenvalue weighted by Crippen LogP contribution is 2.12. The zero-order valence-electron chi connectivity index (χ0n) is 10.1. The maximum Gasteiger partial charge on any atom is 0.356 e. The molecule has 0 radical (unpaired) electrons. The van der Waals surface area contributed by atoms with Gasteiger partial charge in [-0.25, -0.2) is 14.8 Å². The van der Waals surface area contributed by atoms with Gasteiger partial charge in [0.05, 0.1) is 12.4 Å². The zero-order chi connectivity index (χ0) is 13.9. The third-order valence-corrected chi connectivity index (χ3v) is 2.51. The molecule has 0 aliphatic rings. The van der Waals surface area contributed by atoms with Crippen molar-refractivity contribution >= 4 is 5.97 Å². The molecule has 0 amide bonds. The average molecular weight is 268 g/mol. The first kappa shape index (κ1) is 11.9. The maximum absolute atomic E-state index is 10.7. The minimum atomic E-state index is -1.14. The normalized spacial score (nSPS) is 10.4. The van der Waals surface area contributed by atoms with Crippen molar-refractivity contribution in [1.82, 2.24) is 30.2 Å². The van der Waals surface area contributed by atoms with Crippen molar-refractivity contribution < 1.29 is 9.90 Å². The average Bonchev–Trinajstić information content (AvgIpc) is 2.98. The Morgan fingerprint density at radius 1 is 1.10 bits per heavy atom. The lowest BCUT2D eigenvalue weighted by Gasteiger charge is -1.97. The van der Waals surface area contributed by atoms with E-state index in [2.05, 4.69) is 25.4 Å². The van der Waals surface area contributed by atoms with Crippen LogP contribution in [0.2, 0.25) is 0 Å². The van der Waals surface area contributed by atoms with Crippen molar-refractivity contribution in [2.24, 2.45) is 0 Å². The van der Waals surface area contributed by atoms with E-state index >= 15 is 0 Å². The largest absolute Gasteiger partial charge is 0.476 e. The number of carboxylic acid groups (broad SMARTS) is 1. The smallest absolute Gasteiger partial charge is 0.356 e. The van der Waals surface area contributed by atoms with Crippen LogP contribution in [0.5, 0.6) is 0 Å². The Balaban J connectivity index is 1.92. The lowest BCUT2D eigenvalue weighted by atomic mass is 10.2. The van der Waals surface area contributed by atoms with Gasteiger partial charge < -0.3 is 5.11 Å². The van der Waals surface area contributed by atoms with Crippen molar-refractivity contribution in [2.45, 2.75) is 0 Å². The topological polar surface area (TPSA) is 107 Å². The molecule has 0 fully saturated rings. The highest BCUT2D eigenvalue weighted by Gasteiger charge is 2.10. The van der Waals surface area contributed by atoms with Crippen molar-refractivity contribution in [2.75, 3.05) is 0 Å². The van der Waals surface area contributed by atoms with E-state index in [0.717, 1.165) is 11.8 Å². The first-order valence-corrected chi connectivity index (χ1v) is 5.65. The molecular weight excluding hydrogens is 260 g/mol. The molecule has 0 aliphatic heterocycles. The first-order chi connectivity index (χ1) is 9.74. The van der Waals surface area contributed by atoms with Gasteiger partial charge in [0.25, 0.3) is 0 Å². The number of benzene rings is 1. The fourth-order valence-corrected chi connectivity index (χ4v) is 1.55. The third kappa shape index (κ3) is 2.21. The molecule has 3 rings (SSSR count). The standard InChI is InChI=1S/C12H8N6O2/c19-12(20)9-6-14-10(7-13-9)18-16-11(15-17-18)8-4-2-1-3-5-8/h1-7H,(H,19,20). The number of tetrazole rings is 1. The summed E-state index contributed by atoms with van der Waals surface area (Å²) in [6, 6.07) is 9.36. The Kier molecular flexibility index (Phi) is 2.88. The number of nitrogens with zero attached hydrogens (tertiary/aromatic N) is 6. The van der Waals surface area contributed by atoms with Gasteiger partial charge in [-0.3, -0.25) is 0 Å². The number of hydrogen-bond donors (Lipinski definition) is 1. The Labute approximate surface area is 112 Å². The van der Waals surface area contributed by atoms with Crippen LogP contribution in [0.25, 0.3) is 17.2 Å². The second-order valence-electron chi connectivity index (χ2n) is 3.83. The summed E-state index contributed by atoms with van der Waals surface area (Å²) in [4.78, 5) is 19.6. The number of aromatic carboxylic acids is 1. The van der Waals surface area contributed by atoms with Crippen LogP contribution in [-0.4, -0.2) is 41.3 Å². The predicted molar refractivity (Wildman–Crippen MR) is 67.1 cm³/mol. The molecule has 0 saturated carbocycles. The van der Waals surface area contributed by atoms with Gasteiger partial charge in [0.15, 0.2) is 11.5 Å². The van der Waals surface area contributed by atoms with Crippen LogP contribution in [-0.2, 0) is 0 Å². The quantitative estimate of drug-likeness (QED) is 0.749. The summed E-state index contributed by atoms with van der Waals surface area (Å²) in [7, 11) is 0. The Morgan fingerprint density at radius 2 is 1.90 bits per heavy atom. The lowest BCUT2D eigenvalue weighted by Crippen LogP contribution is -2.06. The van der Waals surface area contributed by atoms with E-state index in [4.69, 9.17) is 5.11 Å². The number of aromatic nitrogens is 6. The molecule has 98 valence electrons. The summed E-state index contributed by atoms with van der Waals surface area (Å²) >= 11 is 0. The highest BCUT2D eigenvalue weighted by molar-refractivity contribution is 5.84. The van der Waals surface area contributed by atoms with E-state index in [1.54, 1.807) is 0 Å². The molecule has 0 atom stereocenters. The predicted octanol–water partition coefficient (Wildman–Crippen LogP) is 0.817. The fraction of sp³-hybridized carbons (Fsp3) is 0. The van der Waals surface area contributed by atoms with Crippen LogP contribution in [0.1, 0.15) is 10.5 Å². The van der Waals surface area contributed by atoms with E-state index in [9.17, 15) is 4.79 Å². The van der Waals surface area contributed by atoms with Crippen molar-refractivity contribution in [1.29, 1.82) is 0 Å². The molecule has 0 aliphatic carbocycles. The zero-order valence-corrected chi connectivity index (χ0v) is 10.1. The summed E-state index contributed by atoms with van der Waals surface area (Å²) < 4.78 is 0. The molecule has 1 N–H and O–H groups in total. The third-order valence-electron chi connectivity index (χ3n) is 2.51. The SMILES string of the molecule is O=C(O)c1cnc(-n2nnc(-c3ccccc3)n2)cn1. The summed E-state index contributed by atoms with van der Waals surface area (Å²) in [6.07, 6.45) is 2.42. The van der Waals surface area contributed by atoms with Crippen molar-refractivity contribution in [3.8, 4) is 17.2 Å². The van der Waals surface area contributed by atoms with E-state index < -0.39 is 5.97 Å². The Bertz CT molecular complexity index is 738. The molecule has 2 aromatic heterocycles. The molecule has 8 heteroatoms. The van der Waals surface area contributed by atoms with Gasteiger partial charge in [-0.1, -0.05) is 30.3 Å². The van der Waals surface area contributed by atoms with Crippen LogP contribution in [0.15, 0.2) is 42.7 Å². The maximum atomic E-state index is 10.7. The molecule has 0 saturated heterocycles. The second kappa shape index (κ2) is 4.84. The molecule has 2 heterocycles. The summed E-state index contributed by atoms with van der Waals surface area (Å²) in [6.45, 7) is 0. The molecular formula is C12H8N6O2. The fourth-order valence-electron chi connectivity index (χ4n) is 1.55. The van der Waals surface area contributed by atoms with Crippen molar-refractivity contribution in [3.63, 3.8) is 0 Å². The van der Waals surface area contributed by atoms with E-state index in [1.165, 1.54) is 11.0 Å². The number of hydrogen-bond acceptors (Lipinski definition) is 6. The second-order valence-corrected chi connectivity index (χ2v) is 3.83. The molecule has 0 bridgehead atoms. The molecule has 3 aromatic rings.